The summed E-state index contributed by atoms with van der Waals surface area (Å²) >= 11 is 0. The number of aromatic nitrogens is 3. The molecule has 0 amide bonds. The second-order valence-corrected chi connectivity index (χ2v) is 6.41. The first-order valence-corrected chi connectivity index (χ1v) is 9.76. The highest BCUT2D eigenvalue weighted by Gasteiger charge is 2.04. The summed E-state index contributed by atoms with van der Waals surface area (Å²) in [4.78, 5) is 15.3. The van der Waals surface area contributed by atoms with E-state index in [1.165, 1.54) is 0 Å². The lowest BCUT2D eigenvalue weighted by molar-refractivity contribution is 0.223. The molecule has 0 aliphatic carbocycles. The maximum absolute atomic E-state index is 5.81. The molecule has 0 fully saturated rings. The molecule has 0 aliphatic heterocycles. The fourth-order valence-electron chi connectivity index (χ4n) is 2.81. The molecule has 0 radical (unpaired) electrons. The predicted molar refractivity (Wildman–Crippen MR) is 115 cm³/mol. The van der Waals surface area contributed by atoms with Crippen LogP contribution in [0.15, 0.2) is 55.0 Å². The smallest absolute Gasteiger partial charge is 0.227 e. The van der Waals surface area contributed by atoms with Gasteiger partial charge in [0.25, 0.3) is 0 Å². The standard InChI is InChI=1S/C22H27N5O2/c1-4-27(5-2)12-13-29-20-9-7-19(8-10-20)26-22-24-15-18(16-25-22)17-6-11-21(28-3)23-14-17/h6-11,14-16H,4-5,12-13H2,1-3H3,(H,24,25,26). The number of methoxy groups -OCH3 is 1. The second kappa shape index (κ2) is 10.4. The van der Waals surface area contributed by atoms with Gasteiger partial charge in [-0.2, -0.15) is 0 Å². The SMILES string of the molecule is CCN(CC)CCOc1ccc(Nc2ncc(-c3ccc(OC)nc3)cn2)cc1. The number of nitrogens with zero attached hydrogens (tertiary/aromatic N) is 4. The number of hydrogen-bond acceptors (Lipinski definition) is 7. The first-order chi connectivity index (χ1) is 14.2. The Morgan fingerprint density at radius 3 is 2.14 bits per heavy atom. The van der Waals surface area contributed by atoms with Gasteiger partial charge in [0.2, 0.25) is 11.8 Å². The third-order valence-corrected chi connectivity index (χ3v) is 4.61. The van der Waals surface area contributed by atoms with Crippen LogP contribution in [-0.2, 0) is 0 Å². The molecule has 3 aromatic rings. The fraction of sp³-hybridized carbons (Fsp3) is 0.318. The van der Waals surface area contributed by atoms with Crippen molar-refractivity contribution in [3.63, 3.8) is 0 Å². The van der Waals surface area contributed by atoms with Crippen LogP contribution in [0.1, 0.15) is 13.8 Å². The summed E-state index contributed by atoms with van der Waals surface area (Å²) in [7, 11) is 1.59. The molecule has 152 valence electrons. The van der Waals surface area contributed by atoms with Crippen molar-refractivity contribution in [3.05, 3.63) is 55.0 Å². The molecule has 7 heteroatoms. The highest BCUT2D eigenvalue weighted by atomic mass is 16.5. The largest absolute Gasteiger partial charge is 0.492 e. The quantitative estimate of drug-likeness (QED) is 0.558. The van der Waals surface area contributed by atoms with Crippen LogP contribution < -0.4 is 14.8 Å². The molecule has 1 aromatic carbocycles. The molecular weight excluding hydrogens is 366 g/mol. The van der Waals surface area contributed by atoms with E-state index in [9.17, 15) is 0 Å². The molecule has 0 saturated heterocycles. The van der Waals surface area contributed by atoms with E-state index >= 15 is 0 Å². The summed E-state index contributed by atoms with van der Waals surface area (Å²) in [6.45, 7) is 8.00. The molecule has 0 spiro atoms. The van der Waals surface area contributed by atoms with E-state index in [-0.39, 0.29) is 0 Å². The predicted octanol–water partition coefficient (Wildman–Crippen LogP) is 4.01. The molecule has 3 rings (SSSR count). The van der Waals surface area contributed by atoms with Crippen molar-refractivity contribution in [2.24, 2.45) is 0 Å². The van der Waals surface area contributed by atoms with Gasteiger partial charge in [0.05, 0.1) is 7.11 Å². The van der Waals surface area contributed by atoms with E-state index in [0.717, 1.165) is 42.2 Å². The van der Waals surface area contributed by atoms with Crippen LogP contribution in [0.4, 0.5) is 11.6 Å². The first kappa shape index (κ1) is 20.5. The summed E-state index contributed by atoms with van der Waals surface area (Å²) in [6.07, 6.45) is 5.27. The number of hydrogen-bond donors (Lipinski definition) is 1. The van der Waals surface area contributed by atoms with Gasteiger partial charge in [0, 0.05) is 48.0 Å². The van der Waals surface area contributed by atoms with Crippen molar-refractivity contribution in [1.82, 2.24) is 19.9 Å². The summed E-state index contributed by atoms with van der Waals surface area (Å²) in [5, 5.41) is 3.20. The zero-order valence-corrected chi connectivity index (χ0v) is 17.1. The van der Waals surface area contributed by atoms with E-state index in [1.807, 2.05) is 36.4 Å². The number of nitrogens with one attached hydrogen (secondary N) is 1. The lowest BCUT2D eigenvalue weighted by Crippen LogP contribution is -2.27. The second-order valence-electron chi connectivity index (χ2n) is 6.41. The van der Waals surface area contributed by atoms with Gasteiger partial charge in [0.1, 0.15) is 12.4 Å². The number of benzene rings is 1. The Balaban J connectivity index is 1.54. The van der Waals surface area contributed by atoms with Gasteiger partial charge in [-0.25, -0.2) is 15.0 Å². The highest BCUT2D eigenvalue weighted by molar-refractivity contribution is 5.62. The molecule has 0 unspecified atom stereocenters. The maximum Gasteiger partial charge on any atom is 0.227 e. The van der Waals surface area contributed by atoms with E-state index < -0.39 is 0 Å². The molecule has 2 heterocycles. The molecule has 0 bridgehead atoms. The van der Waals surface area contributed by atoms with Gasteiger partial charge in [-0.3, -0.25) is 0 Å². The van der Waals surface area contributed by atoms with Crippen LogP contribution in [0.5, 0.6) is 11.6 Å². The minimum Gasteiger partial charge on any atom is -0.492 e. The zero-order chi connectivity index (χ0) is 20.5. The lowest BCUT2D eigenvalue weighted by atomic mass is 10.1. The normalized spacial score (nSPS) is 10.8. The molecule has 29 heavy (non-hydrogen) atoms. The third kappa shape index (κ3) is 5.89. The van der Waals surface area contributed by atoms with Crippen molar-refractivity contribution >= 4 is 11.6 Å². The number of ether oxygens (including phenoxy) is 2. The number of rotatable bonds is 10. The lowest BCUT2D eigenvalue weighted by Gasteiger charge is -2.18. The van der Waals surface area contributed by atoms with Crippen LogP contribution in [0.25, 0.3) is 11.1 Å². The first-order valence-electron chi connectivity index (χ1n) is 9.76. The van der Waals surface area contributed by atoms with Crippen molar-refractivity contribution < 1.29 is 9.47 Å². The molecule has 0 aliphatic rings. The summed E-state index contributed by atoms with van der Waals surface area (Å²) in [5.41, 5.74) is 2.73. The summed E-state index contributed by atoms with van der Waals surface area (Å²) in [5.74, 6) is 1.96. The Hall–Kier alpha value is -3.19. The van der Waals surface area contributed by atoms with Crippen LogP contribution in [0.3, 0.4) is 0 Å². The highest BCUT2D eigenvalue weighted by Crippen LogP contribution is 2.21. The Bertz CT molecular complexity index is 863. The zero-order valence-electron chi connectivity index (χ0n) is 17.1. The van der Waals surface area contributed by atoms with Crippen molar-refractivity contribution in [1.29, 1.82) is 0 Å². The Morgan fingerprint density at radius 2 is 1.55 bits per heavy atom. The minimum absolute atomic E-state index is 0.533. The van der Waals surface area contributed by atoms with Crippen molar-refractivity contribution in [2.75, 3.05) is 38.7 Å². The average Bonchev–Trinajstić information content (AvgIpc) is 2.78. The molecule has 1 N–H and O–H groups in total. The third-order valence-electron chi connectivity index (χ3n) is 4.61. The van der Waals surface area contributed by atoms with E-state index in [0.29, 0.717) is 18.4 Å². The molecule has 2 aromatic heterocycles. The van der Waals surface area contributed by atoms with Gasteiger partial charge in [-0.1, -0.05) is 13.8 Å². The molecule has 0 saturated carbocycles. The Labute approximate surface area is 171 Å². The van der Waals surface area contributed by atoms with Gasteiger partial charge in [-0.05, 0) is 43.4 Å². The monoisotopic (exact) mass is 393 g/mol. The fourth-order valence-corrected chi connectivity index (χ4v) is 2.81. The van der Waals surface area contributed by atoms with Gasteiger partial charge < -0.3 is 19.7 Å². The molecule has 7 nitrogen and oxygen atoms in total. The Kier molecular flexibility index (Phi) is 7.35. The van der Waals surface area contributed by atoms with E-state index in [1.54, 1.807) is 25.7 Å². The van der Waals surface area contributed by atoms with E-state index in [4.69, 9.17) is 9.47 Å². The van der Waals surface area contributed by atoms with Crippen molar-refractivity contribution in [3.8, 4) is 22.8 Å². The van der Waals surface area contributed by atoms with Gasteiger partial charge in [-0.15, -0.1) is 0 Å². The van der Waals surface area contributed by atoms with Crippen LogP contribution >= 0.6 is 0 Å². The van der Waals surface area contributed by atoms with Crippen LogP contribution in [-0.4, -0.2) is 53.2 Å². The number of pyridine rings is 1. The van der Waals surface area contributed by atoms with Gasteiger partial charge >= 0.3 is 0 Å². The van der Waals surface area contributed by atoms with Crippen LogP contribution in [0, 0.1) is 0 Å². The summed E-state index contributed by atoms with van der Waals surface area (Å²) in [6, 6.07) is 11.5. The average molecular weight is 393 g/mol. The number of likely N-dealkylation sites (N-methyl/N-ethyl adjacent to an activating group) is 1. The molecule has 0 atom stereocenters. The van der Waals surface area contributed by atoms with Crippen molar-refractivity contribution in [2.45, 2.75) is 13.8 Å². The van der Waals surface area contributed by atoms with E-state index in [2.05, 4.69) is 39.0 Å². The maximum atomic E-state index is 5.81. The van der Waals surface area contributed by atoms with Crippen LogP contribution in [0.2, 0.25) is 0 Å². The van der Waals surface area contributed by atoms with Gasteiger partial charge in [0.15, 0.2) is 0 Å². The number of anilines is 2. The summed E-state index contributed by atoms with van der Waals surface area (Å²) < 4.78 is 10.9. The molecular formula is C22H27N5O2. The topological polar surface area (TPSA) is 72.4 Å². The minimum atomic E-state index is 0.533. The Morgan fingerprint density at radius 1 is 0.862 bits per heavy atom.